The van der Waals surface area contributed by atoms with Crippen LogP contribution in [0, 0.1) is 11.3 Å². The fourth-order valence-electron chi connectivity index (χ4n) is 1.96. The first kappa shape index (κ1) is 6.64. The third-order valence-corrected chi connectivity index (χ3v) is 2.65. The summed E-state index contributed by atoms with van der Waals surface area (Å²) in [5, 5.41) is 7.25. The van der Waals surface area contributed by atoms with Crippen molar-refractivity contribution in [2.75, 3.05) is 6.54 Å². The molecular weight excluding hydrogens is 142 g/mol. The molecule has 2 atom stereocenters. The zero-order chi connectivity index (χ0) is 8.01. The van der Waals surface area contributed by atoms with Crippen molar-refractivity contribution < 1.29 is 4.79 Å². The smallest absolute Gasteiger partial charge is 0.224 e. The molecule has 0 radical (unpaired) electrons. The highest BCUT2D eigenvalue weighted by atomic mass is 16.2. The number of fused-ring (bicyclic) bond motifs is 1. The van der Waals surface area contributed by atoms with Crippen molar-refractivity contribution in [3.63, 3.8) is 0 Å². The molecule has 0 aromatic carbocycles. The van der Waals surface area contributed by atoms with Crippen LogP contribution in [0.25, 0.3) is 0 Å². The molecule has 0 saturated carbocycles. The molecule has 0 aromatic heterocycles. The Kier molecular flexibility index (Phi) is 1.19. The van der Waals surface area contributed by atoms with Gasteiger partial charge in [-0.2, -0.15) is 0 Å². The Morgan fingerprint density at radius 2 is 2.45 bits per heavy atom. The summed E-state index contributed by atoms with van der Waals surface area (Å²) in [5.74, 6) is 0.608. The number of nitrogens with one attached hydrogen (secondary N) is 1. The summed E-state index contributed by atoms with van der Waals surface area (Å²) in [7, 11) is 0. The normalized spacial score (nSPS) is 34.9. The van der Waals surface area contributed by atoms with Gasteiger partial charge in [-0.15, -0.1) is 0 Å². The van der Waals surface area contributed by atoms with Gasteiger partial charge >= 0.3 is 0 Å². The number of nitrogens with zero attached hydrogens (tertiary/aromatic N) is 1. The van der Waals surface area contributed by atoms with E-state index < -0.39 is 0 Å². The van der Waals surface area contributed by atoms with Gasteiger partial charge < -0.3 is 10.6 Å². The Balaban J connectivity index is 2.09. The van der Waals surface area contributed by atoms with Crippen molar-refractivity contribution in [1.29, 1.82) is 5.41 Å². The van der Waals surface area contributed by atoms with Crippen molar-refractivity contribution in [3.8, 4) is 0 Å². The molecule has 2 saturated heterocycles. The fourth-order valence-corrected chi connectivity index (χ4v) is 1.96. The van der Waals surface area contributed by atoms with Crippen LogP contribution < -0.4 is 5.73 Å². The van der Waals surface area contributed by atoms with E-state index in [1.807, 2.05) is 4.90 Å². The fraction of sp³-hybridized carbons (Fsp3) is 0.714. The third kappa shape index (κ3) is 0.751. The van der Waals surface area contributed by atoms with E-state index in [0.29, 0.717) is 6.42 Å². The van der Waals surface area contributed by atoms with Crippen molar-refractivity contribution in [2.45, 2.75) is 18.9 Å². The first-order valence-electron chi connectivity index (χ1n) is 3.83. The van der Waals surface area contributed by atoms with Crippen LogP contribution in [-0.4, -0.2) is 29.2 Å². The van der Waals surface area contributed by atoms with Crippen LogP contribution >= 0.6 is 0 Å². The molecule has 1 unspecified atom stereocenters. The van der Waals surface area contributed by atoms with Gasteiger partial charge in [-0.1, -0.05) is 0 Å². The number of amides is 1. The number of β-lactam (4-membered cyclic amide) rings is 1. The second-order valence-corrected chi connectivity index (χ2v) is 3.21. The van der Waals surface area contributed by atoms with E-state index in [1.165, 1.54) is 0 Å². The largest absolute Gasteiger partial charge is 0.387 e. The number of hydrogen-bond acceptors (Lipinski definition) is 2. The topological polar surface area (TPSA) is 70.2 Å². The van der Waals surface area contributed by atoms with Gasteiger partial charge in [0.25, 0.3) is 0 Å². The molecule has 2 aliphatic rings. The monoisotopic (exact) mass is 153 g/mol. The number of rotatable bonds is 1. The zero-order valence-corrected chi connectivity index (χ0v) is 6.21. The molecule has 0 bridgehead atoms. The lowest BCUT2D eigenvalue weighted by Gasteiger charge is -2.36. The summed E-state index contributed by atoms with van der Waals surface area (Å²) in [6.07, 6.45) is 1.48. The van der Waals surface area contributed by atoms with Gasteiger partial charge in [0.1, 0.15) is 0 Å². The second-order valence-electron chi connectivity index (χ2n) is 3.21. The lowest BCUT2D eigenvalue weighted by atomic mass is 9.92. The lowest BCUT2D eigenvalue weighted by molar-refractivity contribution is -0.143. The minimum absolute atomic E-state index is 0.146. The maximum atomic E-state index is 10.9. The number of nitrogens with two attached hydrogens (primary N) is 1. The SMILES string of the molecule is N=C(N)C1CCN2C(=O)C[C@@H]12. The van der Waals surface area contributed by atoms with Crippen LogP contribution in [0.4, 0.5) is 0 Å². The predicted octanol–water partition coefficient (Wildman–Crippen LogP) is -0.457. The van der Waals surface area contributed by atoms with E-state index >= 15 is 0 Å². The second kappa shape index (κ2) is 1.96. The summed E-state index contributed by atoms with van der Waals surface area (Å²) in [4.78, 5) is 12.7. The standard InChI is InChI=1S/C7H11N3O/c8-7(9)4-1-2-10-5(4)3-6(10)11/h4-5H,1-3H2,(H3,8,9)/t4?,5-/m0/s1. The van der Waals surface area contributed by atoms with Crippen molar-refractivity contribution in [3.05, 3.63) is 0 Å². The molecule has 4 nitrogen and oxygen atoms in total. The van der Waals surface area contributed by atoms with Crippen LogP contribution in [0.2, 0.25) is 0 Å². The Morgan fingerprint density at radius 1 is 1.73 bits per heavy atom. The Hall–Kier alpha value is -1.06. The van der Waals surface area contributed by atoms with Crippen LogP contribution in [0.15, 0.2) is 0 Å². The molecule has 2 fully saturated rings. The molecule has 2 heterocycles. The van der Waals surface area contributed by atoms with E-state index in [9.17, 15) is 4.79 Å². The Labute approximate surface area is 64.9 Å². The number of hydrogen-bond donors (Lipinski definition) is 2. The van der Waals surface area contributed by atoms with Gasteiger partial charge in [-0.05, 0) is 6.42 Å². The van der Waals surface area contributed by atoms with Gasteiger partial charge in [-0.3, -0.25) is 10.2 Å². The minimum atomic E-state index is 0.146. The summed E-state index contributed by atoms with van der Waals surface area (Å²) in [6, 6.07) is 0.264. The zero-order valence-electron chi connectivity index (χ0n) is 6.21. The molecule has 0 spiro atoms. The Bertz CT molecular complexity index is 226. The molecule has 2 aliphatic heterocycles. The van der Waals surface area contributed by atoms with Crippen molar-refractivity contribution in [1.82, 2.24) is 4.90 Å². The molecule has 4 heteroatoms. The van der Waals surface area contributed by atoms with Crippen LogP contribution in [0.5, 0.6) is 0 Å². The van der Waals surface area contributed by atoms with Crippen molar-refractivity contribution >= 4 is 11.7 Å². The van der Waals surface area contributed by atoms with E-state index in [2.05, 4.69) is 0 Å². The highest BCUT2D eigenvalue weighted by Gasteiger charge is 2.46. The highest BCUT2D eigenvalue weighted by molar-refractivity contribution is 5.89. The minimum Gasteiger partial charge on any atom is -0.387 e. The lowest BCUT2D eigenvalue weighted by Crippen LogP contribution is -2.52. The number of amidine groups is 1. The summed E-state index contributed by atoms with van der Waals surface area (Å²) in [6.45, 7) is 0.799. The molecule has 2 rings (SSSR count). The molecule has 3 N–H and O–H groups in total. The van der Waals surface area contributed by atoms with E-state index in [0.717, 1.165) is 13.0 Å². The molecule has 1 amide bonds. The van der Waals surface area contributed by atoms with E-state index in [-0.39, 0.29) is 23.7 Å². The van der Waals surface area contributed by atoms with Gasteiger partial charge in [-0.25, -0.2) is 0 Å². The van der Waals surface area contributed by atoms with Crippen LogP contribution in [0.3, 0.4) is 0 Å². The maximum Gasteiger partial charge on any atom is 0.224 e. The first-order valence-corrected chi connectivity index (χ1v) is 3.83. The maximum absolute atomic E-state index is 10.9. The van der Waals surface area contributed by atoms with E-state index in [1.54, 1.807) is 0 Å². The molecule has 60 valence electrons. The van der Waals surface area contributed by atoms with Gasteiger partial charge in [0, 0.05) is 18.9 Å². The Morgan fingerprint density at radius 3 is 2.91 bits per heavy atom. The third-order valence-electron chi connectivity index (χ3n) is 2.65. The number of carbonyl (C=O) groups is 1. The van der Waals surface area contributed by atoms with Crippen LogP contribution in [-0.2, 0) is 4.79 Å². The van der Waals surface area contributed by atoms with Gasteiger partial charge in [0.05, 0.1) is 11.9 Å². The summed E-state index contributed by atoms with van der Waals surface area (Å²) < 4.78 is 0. The molecule has 11 heavy (non-hydrogen) atoms. The van der Waals surface area contributed by atoms with Gasteiger partial charge in [0.2, 0.25) is 5.91 Å². The van der Waals surface area contributed by atoms with Crippen LogP contribution in [0.1, 0.15) is 12.8 Å². The summed E-state index contributed by atoms with van der Waals surface area (Å²) in [5.41, 5.74) is 5.38. The average molecular weight is 153 g/mol. The van der Waals surface area contributed by atoms with Gasteiger partial charge in [0.15, 0.2) is 0 Å². The highest BCUT2D eigenvalue weighted by Crippen LogP contribution is 2.34. The van der Waals surface area contributed by atoms with Crippen molar-refractivity contribution in [2.24, 2.45) is 11.7 Å². The predicted molar refractivity (Wildman–Crippen MR) is 40.1 cm³/mol. The summed E-state index contributed by atoms with van der Waals surface area (Å²) >= 11 is 0. The quantitative estimate of drug-likeness (QED) is 0.304. The molecular formula is C7H11N3O. The molecule has 0 aromatic rings. The average Bonchev–Trinajstić information content (AvgIpc) is 2.25. The first-order chi connectivity index (χ1) is 5.20. The van der Waals surface area contributed by atoms with E-state index in [4.69, 9.17) is 11.1 Å². The molecule has 0 aliphatic carbocycles. The number of carbonyl (C=O) groups excluding carboxylic acids is 1.